The highest BCUT2D eigenvalue weighted by Gasteiger charge is 2.24. The Balaban J connectivity index is 1.50. The molecule has 1 N–H and O–H groups in total. The van der Waals surface area contributed by atoms with Crippen LogP contribution < -0.4 is 5.32 Å². The van der Waals surface area contributed by atoms with Crippen molar-refractivity contribution in [1.82, 2.24) is 14.9 Å². The van der Waals surface area contributed by atoms with Gasteiger partial charge in [0, 0.05) is 37.8 Å². The summed E-state index contributed by atoms with van der Waals surface area (Å²) in [6.07, 6.45) is 8.94. The fraction of sp³-hybridized carbons (Fsp3) is 0.450. The van der Waals surface area contributed by atoms with Gasteiger partial charge in [-0.15, -0.1) is 0 Å². The quantitative estimate of drug-likeness (QED) is 0.843. The van der Waals surface area contributed by atoms with Crippen molar-refractivity contribution in [3.63, 3.8) is 0 Å². The summed E-state index contributed by atoms with van der Waals surface area (Å²) in [7, 11) is 0. The molecule has 2 aromatic rings. The van der Waals surface area contributed by atoms with Crippen LogP contribution in [0.15, 0.2) is 43.0 Å². The van der Waals surface area contributed by atoms with Crippen LogP contribution in [-0.2, 0) is 22.6 Å². The molecule has 1 aliphatic rings. The fourth-order valence-electron chi connectivity index (χ4n) is 3.36. The molecule has 1 fully saturated rings. The number of hydrogen-bond donors (Lipinski definition) is 1. The summed E-state index contributed by atoms with van der Waals surface area (Å²) in [5.74, 6) is 0.424. The van der Waals surface area contributed by atoms with Crippen LogP contribution in [0.1, 0.15) is 43.2 Å². The summed E-state index contributed by atoms with van der Waals surface area (Å²) in [4.78, 5) is 28.0. The maximum absolute atomic E-state index is 12.3. The van der Waals surface area contributed by atoms with Gasteiger partial charge in [0.2, 0.25) is 5.91 Å². The zero-order valence-electron chi connectivity index (χ0n) is 14.6. The van der Waals surface area contributed by atoms with E-state index in [2.05, 4.69) is 22.4 Å². The van der Waals surface area contributed by atoms with Gasteiger partial charge in [0.15, 0.2) is 0 Å². The monoisotopic (exact) mass is 339 g/mol. The van der Waals surface area contributed by atoms with Gasteiger partial charge in [0.25, 0.3) is 0 Å². The minimum atomic E-state index is -0.190. The number of rotatable bonds is 7. The SMILES string of the molecule is CC(C(=O)NCCn1ccnc1)c1ccc(CC2CCCC2=O)cc1. The molecule has 1 heterocycles. The van der Waals surface area contributed by atoms with E-state index in [-0.39, 0.29) is 17.7 Å². The first-order chi connectivity index (χ1) is 12.1. The molecule has 25 heavy (non-hydrogen) atoms. The van der Waals surface area contributed by atoms with Crippen LogP contribution in [0.5, 0.6) is 0 Å². The lowest BCUT2D eigenvalue weighted by Crippen LogP contribution is -2.30. The van der Waals surface area contributed by atoms with Crippen LogP contribution >= 0.6 is 0 Å². The van der Waals surface area contributed by atoms with E-state index < -0.39 is 0 Å². The summed E-state index contributed by atoms with van der Waals surface area (Å²) < 4.78 is 1.93. The number of benzene rings is 1. The second-order valence-electron chi connectivity index (χ2n) is 6.81. The molecule has 0 radical (unpaired) electrons. The standard InChI is InChI=1S/C20H25N3O2/c1-15(20(25)22-10-12-23-11-9-21-14-23)17-7-5-16(6-8-17)13-18-3-2-4-19(18)24/h5-9,11,14-15,18H,2-4,10,12-13H2,1H3,(H,22,25). The minimum absolute atomic E-state index is 0.0267. The van der Waals surface area contributed by atoms with Gasteiger partial charge in [-0.25, -0.2) is 4.98 Å². The molecule has 5 nitrogen and oxygen atoms in total. The van der Waals surface area contributed by atoms with E-state index >= 15 is 0 Å². The summed E-state index contributed by atoms with van der Waals surface area (Å²) in [6.45, 7) is 3.22. The van der Waals surface area contributed by atoms with Gasteiger partial charge in [0.05, 0.1) is 12.2 Å². The number of Topliss-reactive ketones (excluding diaryl/α,β-unsaturated/α-hetero) is 1. The molecule has 2 unspecified atom stereocenters. The molecule has 1 aromatic carbocycles. The zero-order chi connectivity index (χ0) is 17.6. The lowest BCUT2D eigenvalue weighted by molar-refractivity contribution is -0.122. The van der Waals surface area contributed by atoms with Gasteiger partial charge in [-0.1, -0.05) is 24.3 Å². The number of nitrogens with one attached hydrogen (secondary N) is 1. The van der Waals surface area contributed by atoms with Gasteiger partial charge < -0.3 is 9.88 Å². The lowest BCUT2D eigenvalue weighted by Gasteiger charge is -2.14. The molecule has 5 heteroatoms. The number of imidazole rings is 1. The Morgan fingerprint density at radius 2 is 2.16 bits per heavy atom. The Bertz CT molecular complexity index is 707. The van der Waals surface area contributed by atoms with Gasteiger partial charge >= 0.3 is 0 Å². The molecule has 1 aliphatic carbocycles. The van der Waals surface area contributed by atoms with Gasteiger partial charge in [-0.05, 0) is 37.3 Å². The van der Waals surface area contributed by atoms with Crippen LogP contribution in [0.3, 0.4) is 0 Å². The largest absolute Gasteiger partial charge is 0.354 e. The molecule has 0 aliphatic heterocycles. The molecule has 3 rings (SSSR count). The third kappa shape index (κ3) is 4.56. The summed E-state index contributed by atoms with van der Waals surface area (Å²) in [5, 5.41) is 2.97. The normalized spacial score (nSPS) is 18.3. The molecule has 0 saturated heterocycles. The van der Waals surface area contributed by atoms with Crippen LogP contribution in [0.2, 0.25) is 0 Å². The molecular weight excluding hydrogens is 314 g/mol. The number of hydrogen-bond acceptors (Lipinski definition) is 3. The van der Waals surface area contributed by atoms with E-state index in [4.69, 9.17) is 0 Å². The van der Waals surface area contributed by atoms with Crippen molar-refractivity contribution in [2.24, 2.45) is 5.92 Å². The molecule has 132 valence electrons. The van der Waals surface area contributed by atoms with Crippen molar-refractivity contribution in [3.05, 3.63) is 54.1 Å². The number of nitrogens with zero attached hydrogens (tertiary/aromatic N) is 2. The maximum Gasteiger partial charge on any atom is 0.227 e. The van der Waals surface area contributed by atoms with Crippen molar-refractivity contribution in [2.45, 2.75) is 45.1 Å². The highest BCUT2D eigenvalue weighted by atomic mass is 16.1. The molecule has 0 spiro atoms. The van der Waals surface area contributed by atoms with Crippen LogP contribution in [0, 0.1) is 5.92 Å². The summed E-state index contributed by atoms with van der Waals surface area (Å²) in [5.41, 5.74) is 2.18. The second kappa shape index (κ2) is 8.10. The number of aromatic nitrogens is 2. The van der Waals surface area contributed by atoms with Crippen LogP contribution in [-0.4, -0.2) is 27.8 Å². The fourth-order valence-corrected chi connectivity index (χ4v) is 3.36. The van der Waals surface area contributed by atoms with Gasteiger partial charge in [0.1, 0.15) is 5.78 Å². The van der Waals surface area contributed by atoms with E-state index in [0.29, 0.717) is 18.9 Å². The maximum atomic E-state index is 12.3. The predicted molar refractivity (Wildman–Crippen MR) is 96.1 cm³/mol. The zero-order valence-corrected chi connectivity index (χ0v) is 14.6. The van der Waals surface area contributed by atoms with Crippen LogP contribution in [0.4, 0.5) is 0 Å². The average Bonchev–Trinajstić information content (AvgIpc) is 3.27. The van der Waals surface area contributed by atoms with E-state index in [9.17, 15) is 9.59 Å². The molecule has 1 aromatic heterocycles. The highest BCUT2D eigenvalue weighted by molar-refractivity contribution is 5.83. The first-order valence-corrected chi connectivity index (χ1v) is 8.98. The van der Waals surface area contributed by atoms with Crippen molar-refractivity contribution in [1.29, 1.82) is 0 Å². The van der Waals surface area contributed by atoms with Gasteiger partial charge in [-0.2, -0.15) is 0 Å². The molecule has 1 amide bonds. The van der Waals surface area contributed by atoms with Gasteiger partial charge in [-0.3, -0.25) is 9.59 Å². The third-order valence-electron chi connectivity index (χ3n) is 5.01. The van der Waals surface area contributed by atoms with Crippen molar-refractivity contribution in [2.75, 3.05) is 6.54 Å². The smallest absolute Gasteiger partial charge is 0.227 e. The molecular formula is C20H25N3O2. The van der Waals surface area contributed by atoms with Crippen molar-refractivity contribution >= 4 is 11.7 Å². The predicted octanol–water partition coefficient (Wildman–Crippen LogP) is 2.71. The molecule has 0 bridgehead atoms. The van der Waals surface area contributed by atoms with E-state index in [0.717, 1.165) is 31.2 Å². The first kappa shape index (κ1) is 17.4. The first-order valence-electron chi connectivity index (χ1n) is 8.98. The average molecular weight is 339 g/mol. The van der Waals surface area contributed by atoms with Crippen molar-refractivity contribution < 1.29 is 9.59 Å². The highest BCUT2D eigenvalue weighted by Crippen LogP contribution is 2.25. The Kier molecular flexibility index (Phi) is 5.64. The Hall–Kier alpha value is -2.43. The number of carbonyl (C=O) groups excluding carboxylic acids is 2. The topological polar surface area (TPSA) is 64.0 Å². The second-order valence-corrected chi connectivity index (χ2v) is 6.81. The van der Waals surface area contributed by atoms with E-state index in [1.807, 2.05) is 29.8 Å². The van der Waals surface area contributed by atoms with E-state index in [1.54, 1.807) is 12.5 Å². The third-order valence-corrected chi connectivity index (χ3v) is 5.01. The Morgan fingerprint density at radius 1 is 1.36 bits per heavy atom. The van der Waals surface area contributed by atoms with Crippen molar-refractivity contribution in [3.8, 4) is 0 Å². The Labute approximate surface area is 148 Å². The van der Waals surface area contributed by atoms with E-state index in [1.165, 1.54) is 5.56 Å². The number of ketones is 1. The number of carbonyl (C=O) groups is 2. The lowest BCUT2D eigenvalue weighted by atomic mass is 9.94. The molecule has 2 atom stereocenters. The minimum Gasteiger partial charge on any atom is -0.354 e. The Morgan fingerprint density at radius 3 is 2.80 bits per heavy atom. The molecule has 1 saturated carbocycles. The summed E-state index contributed by atoms with van der Waals surface area (Å²) >= 11 is 0. The summed E-state index contributed by atoms with van der Waals surface area (Å²) in [6, 6.07) is 8.12. The number of amides is 1. The van der Waals surface area contributed by atoms with Crippen LogP contribution in [0.25, 0.3) is 0 Å².